The van der Waals surface area contributed by atoms with Crippen LogP contribution < -0.4 is 14.4 Å². The monoisotopic (exact) mass is 436 g/mol. The van der Waals surface area contributed by atoms with Crippen LogP contribution in [0.4, 0.5) is 5.69 Å². The number of methoxy groups -OCH3 is 2. The molecule has 1 atom stereocenters. The molecule has 2 aromatic carbocycles. The van der Waals surface area contributed by atoms with Crippen molar-refractivity contribution in [2.75, 3.05) is 52.3 Å². The van der Waals surface area contributed by atoms with E-state index >= 15 is 0 Å². The zero-order valence-corrected chi connectivity index (χ0v) is 19.6. The number of carbonyl (C=O) groups excluding carboxylic acids is 1. The molecular weight excluding hydrogens is 404 g/mol. The average molecular weight is 437 g/mol. The second-order valence-electron chi connectivity index (χ2n) is 8.57. The molecule has 1 amide bonds. The maximum Gasteiger partial charge on any atom is 0.239 e. The van der Waals surface area contributed by atoms with Gasteiger partial charge in [0.15, 0.2) is 11.5 Å². The highest BCUT2D eigenvalue weighted by molar-refractivity contribution is 6.14. The minimum absolute atomic E-state index is 0.0635. The van der Waals surface area contributed by atoms with Crippen LogP contribution in [0.2, 0.25) is 0 Å². The number of amides is 1. The maximum atomic E-state index is 12.4. The molecule has 0 radical (unpaired) electrons. The quantitative estimate of drug-likeness (QED) is 0.738. The molecule has 2 aliphatic rings. The lowest BCUT2D eigenvalue weighted by Gasteiger charge is -2.34. The van der Waals surface area contributed by atoms with Gasteiger partial charge in [0, 0.05) is 49.9 Å². The number of likely N-dealkylation sites (N-methyl/N-ethyl adjacent to an activating group) is 1. The van der Waals surface area contributed by atoms with Crippen molar-refractivity contribution in [1.29, 1.82) is 0 Å². The summed E-state index contributed by atoms with van der Waals surface area (Å²) in [6.07, 6.45) is 0.682. The smallest absolute Gasteiger partial charge is 0.239 e. The van der Waals surface area contributed by atoms with Crippen LogP contribution in [0.5, 0.6) is 11.5 Å². The predicted octanol–water partition coefficient (Wildman–Crippen LogP) is 3.00. The van der Waals surface area contributed by atoms with E-state index in [1.54, 1.807) is 26.2 Å². The first-order valence-electron chi connectivity index (χ1n) is 11.1. The van der Waals surface area contributed by atoms with Crippen LogP contribution in [-0.2, 0) is 11.2 Å². The Morgan fingerprint density at radius 2 is 1.62 bits per heavy atom. The van der Waals surface area contributed by atoms with Gasteiger partial charge in [-0.3, -0.25) is 4.79 Å². The highest BCUT2D eigenvalue weighted by atomic mass is 16.5. The molecule has 0 bridgehead atoms. The Morgan fingerprint density at radius 1 is 1.00 bits per heavy atom. The molecule has 0 N–H and O–H groups in total. The number of anilines is 1. The van der Waals surface area contributed by atoms with Crippen LogP contribution >= 0.6 is 0 Å². The van der Waals surface area contributed by atoms with E-state index in [2.05, 4.69) is 41.1 Å². The van der Waals surface area contributed by atoms with Crippen molar-refractivity contribution in [1.82, 2.24) is 9.91 Å². The minimum Gasteiger partial charge on any atom is -0.493 e. The van der Waals surface area contributed by atoms with Crippen molar-refractivity contribution in [2.45, 2.75) is 26.3 Å². The van der Waals surface area contributed by atoms with Gasteiger partial charge in [-0.2, -0.15) is 5.10 Å². The lowest BCUT2D eigenvalue weighted by molar-refractivity contribution is -0.130. The zero-order valence-electron chi connectivity index (χ0n) is 19.6. The molecule has 2 heterocycles. The molecule has 0 saturated carbocycles. The van der Waals surface area contributed by atoms with Gasteiger partial charge in [-0.25, -0.2) is 5.01 Å². The molecule has 4 rings (SSSR count). The van der Waals surface area contributed by atoms with E-state index < -0.39 is 0 Å². The van der Waals surface area contributed by atoms with Gasteiger partial charge in [-0.1, -0.05) is 12.1 Å². The summed E-state index contributed by atoms with van der Waals surface area (Å²) in [4.78, 5) is 17.1. The third-order valence-corrected chi connectivity index (χ3v) is 6.34. The van der Waals surface area contributed by atoms with Crippen molar-refractivity contribution in [3.8, 4) is 11.5 Å². The van der Waals surface area contributed by atoms with Gasteiger partial charge in [0.2, 0.25) is 5.91 Å². The van der Waals surface area contributed by atoms with E-state index in [4.69, 9.17) is 14.6 Å². The Labute approximate surface area is 190 Å². The molecule has 0 aliphatic carbocycles. The summed E-state index contributed by atoms with van der Waals surface area (Å²) in [5.74, 6) is 1.26. The van der Waals surface area contributed by atoms with E-state index in [1.165, 1.54) is 5.69 Å². The molecule has 7 nitrogen and oxygen atoms in total. The number of hydrazone groups is 1. The number of piperazine rings is 1. The molecular formula is C25H32N4O3. The summed E-state index contributed by atoms with van der Waals surface area (Å²) in [5, 5.41) is 6.42. The second-order valence-corrected chi connectivity index (χ2v) is 8.57. The van der Waals surface area contributed by atoms with Crippen LogP contribution in [0.3, 0.4) is 0 Å². The van der Waals surface area contributed by atoms with Crippen molar-refractivity contribution in [3.05, 3.63) is 53.1 Å². The van der Waals surface area contributed by atoms with E-state index in [0.717, 1.165) is 48.6 Å². The first kappa shape index (κ1) is 22.1. The number of fused-ring (bicyclic) bond motifs is 1. The molecule has 7 heteroatoms. The van der Waals surface area contributed by atoms with Crippen molar-refractivity contribution >= 4 is 17.3 Å². The first-order valence-corrected chi connectivity index (χ1v) is 11.1. The Bertz CT molecular complexity index is 1010. The van der Waals surface area contributed by atoms with Gasteiger partial charge in [0.1, 0.15) is 0 Å². The number of nitrogens with zero attached hydrogens (tertiary/aromatic N) is 4. The van der Waals surface area contributed by atoms with Crippen molar-refractivity contribution < 1.29 is 14.3 Å². The summed E-state index contributed by atoms with van der Waals surface area (Å²) < 4.78 is 11.1. The summed E-state index contributed by atoms with van der Waals surface area (Å²) in [6, 6.07) is 12.4. The van der Waals surface area contributed by atoms with E-state index in [-0.39, 0.29) is 11.9 Å². The van der Waals surface area contributed by atoms with Gasteiger partial charge in [0.05, 0.1) is 26.0 Å². The molecule has 2 aromatic rings. The molecule has 0 aromatic heterocycles. The molecule has 32 heavy (non-hydrogen) atoms. The topological polar surface area (TPSA) is 57.6 Å². The van der Waals surface area contributed by atoms with Gasteiger partial charge < -0.3 is 19.3 Å². The number of benzene rings is 2. The van der Waals surface area contributed by atoms with E-state index in [1.807, 2.05) is 19.1 Å². The largest absolute Gasteiger partial charge is 0.493 e. The highest BCUT2D eigenvalue weighted by Gasteiger charge is 2.27. The number of hydrogen-bond acceptors (Lipinski definition) is 6. The predicted molar refractivity (Wildman–Crippen MR) is 127 cm³/mol. The fourth-order valence-electron chi connectivity index (χ4n) is 4.46. The Kier molecular flexibility index (Phi) is 6.37. The summed E-state index contributed by atoms with van der Waals surface area (Å²) in [7, 11) is 5.43. The minimum atomic E-state index is -0.0733. The Morgan fingerprint density at radius 3 is 2.22 bits per heavy atom. The average Bonchev–Trinajstić information content (AvgIpc) is 2.94. The van der Waals surface area contributed by atoms with Gasteiger partial charge in [0.25, 0.3) is 0 Å². The Balaban J connectivity index is 1.76. The number of ether oxygens (including phenoxy) is 2. The van der Waals surface area contributed by atoms with E-state index in [9.17, 15) is 4.79 Å². The van der Waals surface area contributed by atoms with Crippen LogP contribution in [0.1, 0.15) is 30.5 Å². The number of hydrogen-bond donors (Lipinski definition) is 0. The summed E-state index contributed by atoms with van der Waals surface area (Å²) in [6.45, 7) is 7.75. The van der Waals surface area contributed by atoms with Crippen LogP contribution in [0, 0.1) is 0 Å². The van der Waals surface area contributed by atoms with Gasteiger partial charge in [-0.15, -0.1) is 0 Å². The molecule has 0 spiro atoms. The SMILES string of the molecule is COc1cc2c(cc1OC)C(c1ccc(N3CCN(C)CC3)cc1)=NN(C(C)=O)[C@@H](C)C2. The molecule has 170 valence electrons. The molecule has 1 fully saturated rings. The fourth-order valence-corrected chi connectivity index (χ4v) is 4.46. The van der Waals surface area contributed by atoms with Crippen LogP contribution in [0.25, 0.3) is 0 Å². The van der Waals surface area contributed by atoms with Crippen molar-refractivity contribution in [2.24, 2.45) is 5.10 Å². The first-order chi connectivity index (χ1) is 15.4. The lowest BCUT2D eigenvalue weighted by atomic mass is 9.94. The standard InChI is InChI=1S/C25H32N4O3/c1-17-14-20-15-23(31-4)24(32-5)16-22(20)25(26-29(17)18(2)30)19-6-8-21(9-7-19)28-12-10-27(3)11-13-28/h6-9,15-17H,10-14H2,1-5H3/t17-/m0/s1. The fraction of sp³-hybridized carbons (Fsp3) is 0.440. The molecule has 0 unspecified atom stereocenters. The lowest BCUT2D eigenvalue weighted by Crippen LogP contribution is -2.44. The second kappa shape index (κ2) is 9.20. The van der Waals surface area contributed by atoms with E-state index in [0.29, 0.717) is 17.9 Å². The van der Waals surface area contributed by atoms with Gasteiger partial charge in [-0.05, 0) is 50.2 Å². The molecule has 1 saturated heterocycles. The maximum absolute atomic E-state index is 12.4. The number of rotatable bonds is 4. The van der Waals surface area contributed by atoms with Crippen molar-refractivity contribution in [3.63, 3.8) is 0 Å². The third-order valence-electron chi connectivity index (χ3n) is 6.34. The number of carbonyl (C=O) groups is 1. The summed E-state index contributed by atoms with van der Waals surface area (Å²) >= 11 is 0. The molecule has 2 aliphatic heterocycles. The van der Waals surface area contributed by atoms with Gasteiger partial charge >= 0.3 is 0 Å². The normalized spacial score (nSPS) is 19.2. The third kappa shape index (κ3) is 4.30. The van der Waals surface area contributed by atoms with Crippen LogP contribution in [0.15, 0.2) is 41.5 Å². The zero-order chi connectivity index (χ0) is 22.8. The van der Waals surface area contributed by atoms with Crippen LogP contribution in [-0.4, -0.2) is 75.0 Å². The summed E-state index contributed by atoms with van der Waals surface area (Å²) in [5.41, 5.74) is 4.99. The Hall–Kier alpha value is -3.06. The highest BCUT2D eigenvalue weighted by Crippen LogP contribution is 2.35.